The predicted molar refractivity (Wildman–Crippen MR) is 76.8 cm³/mol. The molecule has 1 saturated heterocycles. The summed E-state index contributed by atoms with van der Waals surface area (Å²) in [4.78, 5) is 14.7. The summed E-state index contributed by atoms with van der Waals surface area (Å²) in [5.74, 6) is 0.868. The van der Waals surface area contributed by atoms with Crippen molar-refractivity contribution in [1.82, 2.24) is 4.90 Å². The Morgan fingerprint density at radius 1 is 1.21 bits per heavy atom. The second-order valence-electron chi connectivity index (χ2n) is 7.07. The highest BCUT2D eigenvalue weighted by atomic mass is 16.5. The Morgan fingerprint density at radius 3 is 2.21 bits per heavy atom. The van der Waals surface area contributed by atoms with Crippen LogP contribution < -0.4 is 0 Å². The highest BCUT2D eigenvalue weighted by Gasteiger charge is 2.61. The topological polar surface area (TPSA) is 29.5 Å². The third-order valence-electron chi connectivity index (χ3n) is 4.42. The van der Waals surface area contributed by atoms with Gasteiger partial charge in [0.25, 0.3) is 0 Å². The fourth-order valence-corrected chi connectivity index (χ4v) is 3.37. The van der Waals surface area contributed by atoms with Gasteiger partial charge in [-0.15, -0.1) is 0 Å². The Hall–Kier alpha value is -0.830. The number of nitrogens with zero attached hydrogens (tertiary/aromatic N) is 1. The number of hydrogen-bond donors (Lipinski definition) is 0. The van der Waals surface area contributed by atoms with Gasteiger partial charge in [-0.1, -0.05) is 25.5 Å². The van der Waals surface area contributed by atoms with Crippen LogP contribution in [0.2, 0.25) is 0 Å². The molecule has 1 aliphatic heterocycles. The maximum absolute atomic E-state index is 12.7. The van der Waals surface area contributed by atoms with Crippen molar-refractivity contribution in [3.8, 4) is 0 Å². The van der Waals surface area contributed by atoms with Gasteiger partial charge >= 0.3 is 0 Å². The van der Waals surface area contributed by atoms with Crippen LogP contribution in [0, 0.1) is 17.3 Å². The molecule has 2 rings (SSSR count). The number of morpholine rings is 1. The van der Waals surface area contributed by atoms with Gasteiger partial charge in [0, 0.05) is 13.1 Å². The number of rotatable bonds is 2. The van der Waals surface area contributed by atoms with E-state index in [1.807, 2.05) is 18.7 Å². The van der Waals surface area contributed by atoms with Crippen LogP contribution in [0.15, 0.2) is 11.6 Å². The smallest absolute Gasteiger partial charge is 0.227 e. The molecule has 0 unspecified atom stereocenters. The molecule has 3 heteroatoms. The van der Waals surface area contributed by atoms with E-state index >= 15 is 0 Å². The van der Waals surface area contributed by atoms with Gasteiger partial charge in [-0.2, -0.15) is 0 Å². The molecule has 0 aromatic carbocycles. The number of carbonyl (C=O) groups excluding carboxylic acids is 1. The van der Waals surface area contributed by atoms with Crippen molar-refractivity contribution in [2.75, 3.05) is 13.1 Å². The maximum Gasteiger partial charge on any atom is 0.227 e. The van der Waals surface area contributed by atoms with Gasteiger partial charge in [0.2, 0.25) is 5.91 Å². The molecule has 0 bridgehead atoms. The van der Waals surface area contributed by atoms with E-state index in [9.17, 15) is 4.79 Å². The molecule has 19 heavy (non-hydrogen) atoms. The average molecular weight is 265 g/mol. The summed E-state index contributed by atoms with van der Waals surface area (Å²) in [6, 6.07) is 0. The van der Waals surface area contributed by atoms with Gasteiger partial charge < -0.3 is 9.64 Å². The summed E-state index contributed by atoms with van der Waals surface area (Å²) in [6.45, 7) is 14.2. The molecule has 1 amide bonds. The Balaban J connectivity index is 2.07. The number of allylic oxidation sites excluding steroid dienone is 2. The molecule has 0 aromatic heterocycles. The van der Waals surface area contributed by atoms with Crippen LogP contribution in [0.5, 0.6) is 0 Å². The first-order valence-corrected chi connectivity index (χ1v) is 7.32. The minimum atomic E-state index is 0.110. The Morgan fingerprint density at radius 2 is 1.74 bits per heavy atom. The van der Waals surface area contributed by atoms with Crippen molar-refractivity contribution < 1.29 is 9.53 Å². The summed E-state index contributed by atoms with van der Waals surface area (Å²) in [6.07, 6.45) is 2.56. The molecule has 108 valence electrons. The number of amides is 1. The van der Waals surface area contributed by atoms with E-state index in [2.05, 4.69) is 33.8 Å². The van der Waals surface area contributed by atoms with Crippen LogP contribution >= 0.6 is 0 Å². The Kier molecular flexibility index (Phi) is 3.78. The van der Waals surface area contributed by atoms with Gasteiger partial charge in [0.1, 0.15) is 0 Å². The molecule has 1 aliphatic carbocycles. The number of hydrogen-bond acceptors (Lipinski definition) is 2. The zero-order valence-electron chi connectivity index (χ0n) is 13.1. The van der Waals surface area contributed by atoms with Gasteiger partial charge in [0.15, 0.2) is 0 Å². The highest BCUT2D eigenvalue weighted by Crippen LogP contribution is 2.60. The van der Waals surface area contributed by atoms with Crippen molar-refractivity contribution in [2.45, 2.75) is 53.8 Å². The second kappa shape index (κ2) is 4.93. The fraction of sp³-hybridized carbons (Fsp3) is 0.812. The molecular weight excluding hydrogens is 238 g/mol. The van der Waals surface area contributed by atoms with Crippen molar-refractivity contribution in [1.29, 1.82) is 0 Å². The Labute approximate surface area is 117 Å². The van der Waals surface area contributed by atoms with Gasteiger partial charge in [-0.25, -0.2) is 0 Å². The summed E-state index contributed by atoms with van der Waals surface area (Å²) < 4.78 is 5.70. The molecule has 0 aromatic rings. The van der Waals surface area contributed by atoms with Crippen molar-refractivity contribution >= 4 is 5.91 Å². The first-order chi connectivity index (χ1) is 8.73. The van der Waals surface area contributed by atoms with Crippen LogP contribution in [0.25, 0.3) is 0 Å². The summed E-state index contributed by atoms with van der Waals surface area (Å²) in [5.41, 5.74) is 1.41. The van der Waals surface area contributed by atoms with E-state index in [-0.39, 0.29) is 23.5 Å². The van der Waals surface area contributed by atoms with E-state index in [0.29, 0.717) is 11.8 Å². The van der Waals surface area contributed by atoms with E-state index in [1.165, 1.54) is 5.57 Å². The van der Waals surface area contributed by atoms with Gasteiger partial charge in [-0.3, -0.25) is 4.79 Å². The average Bonchev–Trinajstić information content (AvgIpc) is 2.77. The minimum Gasteiger partial charge on any atom is -0.372 e. The third kappa shape index (κ3) is 2.86. The van der Waals surface area contributed by atoms with Crippen LogP contribution in [-0.2, 0) is 9.53 Å². The highest BCUT2D eigenvalue weighted by molar-refractivity contribution is 5.84. The lowest BCUT2D eigenvalue weighted by Gasteiger charge is -2.35. The molecule has 4 atom stereocenters. The molecule has 0 spiro atoms. The zero-order valence-corrected chi connectivity index (χ0v) is 13.1. The van der Waals surface area contributed by atoms with Crippen LogP contribution in [0.4, 0.5) is 0 Å². The van der Waals surface area contributed by atoms with Crippen molar-refractivity contribution in [3.05, 3.63) is 11.6 Å². The summed E-state index contributed by atoms with van der Waals surface area (Å²) in [5, 5.41) is 0. The largest absolute Gasteiger partial charge is 0.372 e. The number of ether oxygens (including phenoxy) is 1. The quantitative estimate of drug-likeness (QED) is 0.719. The third-order valence-corrected chi connectivity index (χ3v) is 4.42. The van der Waals surface area contributed by atoms with Crippen molar-refractivity contribution in [2.24, 2.45) is 17.3 Å². The molecule has 0 radical (unpaired) electrons. The first-order valence-electron chi connectivity index (χ1n) is 7.32. The van der Waals surface area contributed by atoms with E-state index < -0.39 is 0 Å². The van der Waals surface area contributed by atoms with Gasteiger partial charge in [0.05, 0.1) is 18.1 Å². The lowest BCUT2D eigenvalue weighted by molar-refractivity contribution is -0.145. The van der Waals surface area contributed by atoms with E-state index in [0.717, 1.165) is 13.1 Å². The molecule has 0 N–H and O–H groups in total. The maximum atomic E-state index is 12.7. The van der Waals surface area contributed by atoms with Gasteiger partial charge in [-0.05, 0) is 39.0 Å². The van der Waals surface area contributed by atoms with Crippen LogP contribution in [0.3, 0.4) is 0 Å². The molecule has 1 saturated carbocycles. The van der Waals surface area contributed by atoms with Crippen LogP contribution in [0.1, 0.15) is 41.5 Å². The van der Waals surface area contributed by atoms with E-state index in [1.54, 1.807) is 0 Å². The first kappa shape index (κ1) is 14.6. The number of carbonyl (C=O) groups is 1. The second-order valence-corrected chi connectivity index (χ2v) is 7.07. The lowest BCUT2D eigenvalue weighted by atomic mass is 10.1. The normalized spacial score (nSPS) is 36.8. The van der Waals surface area contributed by atoms with Crippen LogP contribution in [-0.4, -0.2) is 36.1 Å². The summed E-state index contributed by atoms with van der Waals surface area (Å²) in [7, 11) is 0. The standard InChI is InChI=1S/C16H27NO2/c1-10(2)7-13-14(16(13,5)6)15(18)17-8-11(3)19-12(4)9-17/h7,11-14H,8-9H2,1-6H3/t11-,12-,13-,14-/m1/s1. The molecule has 2 aliphatic rings. The molecular formula is C16H27NO2. The fourth-order valence-electron chi connectivity index (χ4n) is 3.37. The summed E-state index contributed by atoms with van der Waals surface area (Å²) >= 11 is 0. The predicted octanol–water partition coefficient (Wildman–Crippen LogP) is 2.86. The zero-order chi connectivity index (χ0) is 14.4. The minimum absolute atomic E-state index is 0.110. The molecule has 2 fully saturated rings. The SMILES string of the molecule is CC(C)=C[C@@H]1[C@H](C(=O)N2C[C@@H](C)O[C@H](C)C2)C1(C)C. The Bertz CT molecular complexity index is 386. The molecule has 3 nitrogen and oxygen atoms in total. The molecule has 1 heterocycles. The van der Waals surface area contributed by atoms with E-state index in [4.69, 9.17) is 4.74 Å². The van der Waals surface area contributed by atoms with Crippen molar-refractivity contribution in [3.63, 3.8) is 0 Å². The lowest BCUT2D eigenvalue weighted by Crippen LogP contribution is -2.49. The monoisotopic (exact) mass is 265 g/mol.